The molecule has 31 heavy (non-hydrogen) atoms. The van der Waals surface area contributed by atoms with Crippen LogP contribution in [0.25, 0.3) is 16.5 Å². The second-order valence-corrected chi connectivity index (χ2v) is 10.1. The summed E-state index contributed by atoms with van der Waals surface area (Å²) in [4.78, 5) is 4.56. The van der Waals surface area contributed by atoms with E-state index < -0.39 is 10.0 Å². The van der Waals surface area contributed by atoms with Crippen LogP contribution < -0.4 is 4.74 Å². The third kappa shape index (κ3) is 4.12. The minimum Gasteiger partial charge on any atom is -0.491 e. The summed E-state index contributed by atoms with van der Waals surface area (Å²) in [5, 5.41) is 1.16. The SMILES string of the molecule is CCn1cc(C2=CCN(S(=O)(=O)c3ccc(OC(C)C)c(C)c3)CC2)c2ccncc21. The Bertz CT molecular complexity index is 1240. The fourth-order valence-corrected chi connectivity index (χ4v) is 5.55. The smallest absolute Gasteiger partial charge is 0.243 e. The Kier molecular flexibility index (Phi) is 5.90. The van der Waals surface area contributed by atoms with E-state index in [1.165, 1.54) is 11.1 Å². The van der Waals surface area contributed by atoms with Crippen molar-refractivity contribution in [2.24, 2.45) is 0 Å². The maximum atomic E-state index is 13.2. The Morgan fingerprint density at radius 2 is 2.03 bits per heavy atom. The van der Waals surface area contributed by atoms with Crippen LogP contribution in [0.3, 0.4) is 0 Å². The van der Waals surface area contributed by atoms with Crippen molar-refractivity contribution in [2.45, 2.75) is 51.7 Å². The van der Waals surface area contributed by atoms with Crippen LogP contribution in [0.15, 0.2) is 53.8 Å². The van der Waals surface area contributed by atoms with Gasteiger partial charge in [-0.3, -0.25) is 4.98 Å². The second-order valence-electron chi connectivity index (χ2n) is 8.16. The molecule has 164 valence electrons. The van der Waals surface area contributed by atoms with E-state index in [9.17, 15) is 8.42 Å². The predicted octanol–water partition coefficient (Wildman–Crippen LogP) is 4.63. The lowest BCUT2D eigenvalue weighted by atomic mass is 10.0. The number of sulfonamides is 1. The lowest BCUT2D eigenvalue weighted by Gasteiger charge is -2.26. The van der Waals surface area contributed by atoms with E-state index in [1.807, 2.05) is 39.1 Å². The van der Waals surface area contributed by atoms with Crippen molar-refractivity contribution in [3.8, 4) is 5.75 Å². The van der Waals surface area contributed by atoms with Gasteiger partial charge in [-0.1, -0.05) is 6.08 Å². The average Bonchev–Trinajstić information content (AvgIpc) is 3.14. The first-order chi connectivity index (χ1) is 14.8. The van der Waals surface area contributed by atoms with Crippen LogP contribution in [0.4, 0.5) is 0 Å². The van der Waals surface area contributed by atoms with Gasteiger partial charge in [0, 0.05) is 43.0 Å². The molecule has 0 unspecified atom stereocenters. The Labute approximate surface area is 184 Å². The number of hydrogen-bond donors (Lipinski definition) is 0. The van der Waals surface area contributed by atoms with Crippen LogP contribution in [-0.4, -0.2) is 41.5 Å². The summed E-state index contributed by atoms with van der Waals surface area (Å²) >= 11 is 0. The number of aromatic nitrogens is 2. The highest BCUT2D eigenvalue weighted by Crippen LogP contribution is 2.32. The zero-order valence-corrected chi connectivity index (χ0v) is 19.3. The molecule has 2 aromatic heterocycles. The van der Waals surface area contributed by atoms with Gasteiger partial charge in [-0.25, -0.2) is 8.42 Å². The van der Waals surface area contributed by atoms with Gasteiger partial charge in [-0.05, 0) is 69.5 Å². The van der Waals surface area contributed by atoms with Crippen molar-refractivity contribution in [1.82, 2.24) is 13.9 Å². The zero-order chi connectivity index (χ0) is 22.2. The summed E-state index contributed by atoms with van der Waals surface area (Å²) in [7, 11) is -3.56. The summed E-state index contributed by atoms with van der Waals surface area (Å²) in [5.41, 5.74) is 4.29. The molecule has 0 saturated carbocycles. The fraction of sp³-hybridized carbons (Fsp3) is 0.375. The zero-order valence-electron chi connectivity index (χ0n) is 18.5. The quantitative estimate of drug-likeness (QED) is 0.562. The van der Waals surface area contributed by atoms with Crippen LogP contribution >= 0.6 is 0 Å². The molecular weight excluding hydrogens is 410 g/mol. The van der Waals surface area contributed by atoms with Crippen LogP contribution in [0.5, 0.6) is 5.75 Å². The Morgan fingerprint density at radius 3 is 2.68 bits per heavy atom. The van der Waals surface area contributed by atoms with Crippen molar-refractivity contribution >= 4 is 26.5 Å². The van der Waals surface area contributed by atoms with Gasteiger partial charge in [-0.2, -0.15) is 4.31 Å². The van der Waals surface area contributed by atoms with Crippen molar-refractivity contribution in [1.29, 1.82) is 0 Å². The van der Waals surface area contributed by atoms with Gasteiger partial charge >= 0.3 is 0 Å². The molecule has 0 atom stereocenters. The molecule has 0 radical (unpaired) electrons. The topological polar surface area (TPSA) is 64.4 Å². The highest BCUT2D eigenvalue weighted by atomic mass is 32.2. The number of benzene rings is 1. The maximum absolute atomic E-state index is 13.2. The second kappa shape index (κ2) is 8.48. The fourth-order valence-electron chi connectivity index (χ4n) is 4.09. The van der Waals surface area contributed by atoms with Crippen LogP contribution in [-0.2, 0) is 16.6 Å². The van der Waals surface area contributed by atoms with Crippen molar-refractivity contribution < 1.29 is 13.2 Å². The van der Waals surface area contributed by atoms with Gasteiger partial charge in [0.25, 0.3) is 0 Å². The summed E-state index contributed by atoms with van der Waals surface area (Å²) in [6, 6.07) is 7.13. The van der Waals surface area contributed by atoms with Crippen LogP contribution in [0.2, 0.25) is 0 Å². The minimum atomic E-state index is -3.56. The predicted molar refractivity (Wildman–Crippen MR) is 124 cm³/mol. The van der Waals surface area contributed by atoms with Crippen molar-refractivity contribution in [3.63, 3.8) is 0 Å². The molecule has 0 bridgehead atoms. The largest absolute Gasteiger partial charge is 0.491 e. The normalized spacial score (nSPS) is 15.5. The lowest BCUT2D eigenvalue weighted by Crippen LogP contribution is -2.34. The summed E-state index contributed by atoms with van der Waals surface area (Å²) < 4.78 is 35.9. The Balaban J connectivity index is 1.59. The summed E-state index contributed by atoms with van der Waals surface area (Å²) in [6.07, 6.45) is 8.61. The van der Waals surface area contributed by atoms with E-state index in [0.29, 0.717) is 24.4 Å². The molecule has 0 aliphatic carbocycles. The standard InChI is InChI=1S/C24H29N3O3S/c1-5-26-16-22(21-8-11-25-15-23(21)26)19-9-12-27(13-10-19)31(28,29)20-6-7-24(18(4)14-20)30-17(2)3/h6-9,11,14-17H,5,10,12-13H2,1-4H3. The third-order valence-electron chi connectivity index (χ3n) is 5.69. The molecule has 4 rings (SSSR count). The van der Waals surface area contributed by atoms with Gasteiger partial charge in [-0.15, -0.1) is 0 Å². The number of pyridine rings is 1. The molecule has 0 amide bonds. The molecule has 0 saturated heterocycles. The molecule has 0 spiro atoms. The number of ether oxygens (including phenoxy) is 1. The van der Waals surface area contributed by atoms with E-state index in [-0.39, 0.29) is 6.10 Å². The highest BCUT2D eigenvalue weighted by Gasteiger charge is 2.27. The molecule has 3 heterocycles. The van der Waals surface area contributed by atoms with Crippen LogP contribution in [0.1, 0.15) is 38.3 Å². The first-order valence-corrected chi connectivity index (χ1v) is 12.1. The summed E-state index contributed by atoms with van der Waals surface area (Å²) in [5.74, 6) is 0.719. The first kappa shape index (κ1) is 21.6. The molecular formula is C24H29N3O3S. The molecule has 1 aromatic carbocycles. The molecule has 0 fully saturated rings. The van der Waals surface area contributed by atoms with E-state index in [0.717, 1.165) is 28.8 Å². The highest BCUT2D eigenvalue weighted by molar-refractivity contribution is 7.89. The van der Waals surface area contributed by atoms with Gasteiger partial charge in [0.15, 0.2) is 0 Å². The molecule has 3 aromatic rings. The molecule has 6 nitrogen and oxygen atoms in total. The Hall–Kier alpha value is -2.64. The number of fused-ring (bicyclic) bond motifs is 1. The number of rotatable bonds is 6. The molecule has 1 aliphatic heterocycles. The number of nitrogens with zero attached hydrogens (tertiary/aromatic N) is 3. The van der Waals surface area contributed by atoms with E-state index in [1.54, 1.807) is 28.7 Å². The molecule has 1 aliphatic rings. The summed E-state index contributed by atoms with van der Waals surface area (Å²) in [6.45, 7) is 9.59. The van der Waals surface area contributed by atoms with Crippen LogP contribution in [0, 0.1) is 6.92 Å². The first-order valence-electron chi connectivity index (χ1n) is 10.7. The maximum Gasteiger partial charge on any atom is 0.243 e. The number of aryl methyl sites for hydroxylation is 2. The molecule has 0 N–H and O–H groups in total. The van der Waals surface area contributed by atoms with Gasteiger partial charge in [0.1, 0.15) is 5.75 Å². The van der Waals surface area contributed by atoms with Gasteiger partial charge in [0.05, 0.1) is 22.7 Å². The van der Waals surface area contributed by atoms with Gasteiger partial charge in [0.2, 0.25) is 10.0 Å². The van der Waals surface area contributed by atoms with E-state index in [4.69, 9.17) is 4.74 Å². The lowest BCUT2D eigenvalue weighted by molar-refractivity contribution is 0.240. The van der Waals surface area contributed by atoms with Gasteiger partial charge < -0.3 is 9.30 Å². The average molecular weight is 440 g/mol. The van der Waals surface area contributed by atoms with Crippen molar-refractivity contribution in [3.05, 3.63) is 60.1 Å². The third-order valence-corrected chi connectivity index (χ3v) is 7.55. The van der Waals surface area contributed by atoms with Crippen molar-refractivity contribution in [2.75, 3.05) is 13.1 Å². The van der Waals surface area contributed by atoms with E-state index in [2.05, 4.69) is 22.7 Å². The molecule has 7 heteroatoms. The number of hydrogen-bond acceptors (Lipinski definition) is 4. The Morgan fingerprint density at radius 1 is 1.23 bits per heavy atom. The minimum absolute atomic E-state index is 0.0428. The monoisotopic (exact) mass is 439 g/mol. The van der Waals surface area contributed by atoms with E-state index >= 15 is 0 Å².